The topological polar surface area (TPSA) is 55.8 Å². The number of unbranched alkanes of at least 4 members (excludes halogenated alkanes) is 16. The van der Waals surface area contributed by atoms with Crippen molar-refractivity contribution in [2.75, 3.05) is 33.4 Å². The molecule has 0 saturated carbocycles. The van der Waals surface area contributed by atoms with Gasteiger partial charge in [0.2, 0.25) is 0 Å². The highest BCUT2D eigenvalue weighted by molar-refractivity contribution is 5.73. The predicted molar refractivity (Wildman–Crippen MR) is 192 cm³/mol. The standard InChI is InChI=1S/C40H77NO4/c1-5-8-11-12-13-14-17-22-27-37(35-45-40(43)38-30-32-41(4)34-38)28-23-18-15-16-19-24-29-39(42)44-33-31-36(25-20-9-6-2)26-21-10-7-3/h36-38H,5-35H2,1-4H3/t37?,38-/m1/s1. The van der Waals surface area contributed by atoms with Crippen molar-refractivity contribution in [1.29, 1.82) is 0 Å². The van der Waals surface area contributed by atoms with E-state index in [9.17, 15) is 9.59 Å². The van der Waals surface area contributed by atoms with E-state index in [2.05, 4.69) is 32.7 Å². The summed E-state index contributed by atoms with van der Waals surface area (Å²) in [5.41, 5.74) is 0. The normalized spacial score (nSPS) is 16.0. The molecule has 0 amide bonds. The number of nitrogens with zero attached hydrogens (tertiary/aromatic N) is 1. The third kappa shape index (κ3) is 24.7. The SMILES string of the molecule is CCCCCCCCCCC(CCCCCCCCC(=O)OCCC(CCCCC)CCCCC)COC(=O)[C@@H]1CCN(C)C1. The molecule has 0 aromatic rings. The maximum Gasteiger partial charge on any atom is 0.310 e. The molecule has 5 heteroatoms. The van der Waals surface area contributed by atoms with Crippen LogP contribution in [-0.4, -0.2) is 50.2 Å². The largest absolute Gasteiger partial charge is 0.466 e. The second-order valence-electron chi connectivity index (χ2n) is 14.5. The molecule has 0 aromatic heterocycles. The summed E-state index contributed by atoms with van der Waals surface area (Å²) in [5.74, 6) is 1.31. The van der Waals surface area contributed by atoms with Gasteiger partial charge in [0.15, 0.2) is 0 Å². The number of rotatable bonds is 32. The molecule has 1 unspecified atom stereocenters. The van der Waals surface area contributed by atoms with Crippen LogP contribution in [0.3, 0.4) is 0 Å². The molecule has 1 aliphatic heterocycles. The molecule has 1 rings (SSSR count). The van der Waals surface area contributed by atoms with E-state index >= 15 is 0 Å². The Morgan fingerprint density at radius 3 is 1.60 bits per heavy atom. The van der Waals surface area contributed by atoms with Crippen LogP contribution in [-0.2, 0) is 19.1 Å². The highest BCUT2D eigenvalue weighted by Gasteiger charge is 2.28. The average Bonchev–Trinajstić information content (AvgIpc) is 3.48. The van der Waals surface area contributed by atoms with E-state index in [1.807, 2.05) is 0 Å². The highest BCUT2D eigenvalue weighted by Crippen LogP contribution is 2.23. The quantitative estimate of drug-likeness (QED) is 0.0544. The van der Waals surface area contributed by atoms with Crippen LogP contribution in [0.5, 0.6) is 0 Å². The summed E-state index contributed by atoms with van der Waals surface area (Å²) in [6.45, 7) is 9.86. The van der Waals surface area contributed by atoms with Gasteiger partial charge in [-0.2, -0.15) is 0 Å². The minimum absolute atomic E-state index is 0.00142. The van der Waals surface area contributed by atoms with Gasteiger partial charge in [0, 0.05) is 13.0 Å². The first kappa shape index (κ1) is 41.9. The van der Waals surface area contributed by atoms with E-state index in [1.54, 1.807) is 0 Å². The molecule has 1 heterocycles. The Bertz CT molecular complexity index is 673. The Labute approximate surface area is 280 Å². The van der Waals surface area contributed by atoms with Crippen LogP contribution in [0.4, 0.5) is 0 Å². The summed E-state index contributed by atoms with van der Waals surface area (Å²) in [5, 5.41) is 0. The lowest BCUT2D eigenvalue weighted by molar-refractivity contribution is -0.149. The van der Waals surface area contributed by atoms with Gasteiger partial charge in [0.1, 0.15) is 0 Å². The molecule has 2 atom stereocenters. The monoisotopic (exact) mass is 636 g/mol. The van der Waals surface area contributed by atoms with E-state index in [0.717, 1.165) is 44.7 Å². The zero-order chi connectivity index (χ0) is 32.8. The third-order valence-corrected chi connectivity index (χ3v) is 10.1. The number of hydrogen-bond acceptors (Lipinski definition) is 5. The van der Waals surface area contributed by atoms with Crippen LogP contribution in [0.2, 0.25) is 0 Å². The fourth-order valence-corrected chi connectivity index (χ4v) is 6.94. The summed E-state index contributed by atoms with van der Waals surface area (Å²) in [7, 11) is 2.09. The van der Waals surface area contributed by atoms with Crippen molar-refractivity contribution in [3.8, 4) is 0 Å². The zero-order valence-corrected chi connectivity index (χ0v) is 30.7. The van der Waals surface area contributed by atoms with Crippen molar-refractivity contribution in [3.63, 3.8) is 0 Å². The van der Waals surface area contributed by atoms with Crippen molar-refractivity contribution in [1.82, 2.24) is 4.90 Å². The fraction of sp³-hybridized carbons (Fsp3) is 0.950. The van der Waals surface area contributed by atoms with E-state index in [4.69, 9.17) is 9.47 Å². The highest BCUT2D eigenvalue weighted by atomic mass is 16.5. The Kier molecular flexibility index (Phi) is 28.2. The summed E-state index contributed by atoms with van der Waals surface area (Å²) >= 11 is 0. The summed E-state index contributed by atoms with van der Waals surface area (Å²) in [4.78, 5) is 27.1. The van der Waals surface area contributed by atoms with Gasteiger partial charge in [-0.3, -0.25) is 9.59 Å². The minimum Gasteiger partial charge on any atom is -0.466 e. The number of ether oxygens (including phenoxy) is 2. The van der Waals surface area contributed by atoms with Crippen LogP contribution >= 0.6 is 0 Å². The van der Waals surface area contributed by atoms with Crippen molar-refractivity contribution < 1.29 is 19.1 Å². The Morgan fingerprint density at radius 1 is 0.600 bits per heavy atom. The molecule has 266 valence electrons. The first-order valence-electron chi connectivity index (χ1n) is 20.0. The first-order chi connectivity index (χ1) is 22.0. The molecule has 0 radical (unpaired) electrons. The Morgan fingerprint density at radius 2 is 1.07 bits per heavy atom. The first-order valence-corrected chi connectivity index (χ1v) is 20.0. The lowest BCUT2D eigenvalue weighted by Gasteiger charge is -2.19. The summed E-state index contributed by atoms with van der Waals surface area (Å²) < 4.78 is 11.5. The predicted octanol–water partition coefficient (Wildman–Crippen LogP) is 11.5. The van der Waals surface area contributed by atoms with Crippen LogP contribution in [0.15, 0.2) is 0 Å². The average molecular weight is 636 g/mol. The lowest BCUT2D eigenvalue weighted by atomic mass is 9.92. The molecular weight excluding hydrogens is 558 g/mol. The molecule has 1 aliphatic rings. The molecule has 0 N–H and O–H groups in total. The summed E-state index contributed by atoms with van der Waals surface area (Å²) in [6.07, 6.45) is 32.9. The number of carbonyl (C=O) groups excluding carboxylic acids is 2. The van der Waals surface area contributed by atoms with Crippen molar-refractivity contribution in [3.05, 3.63) is 0 Å². The third-order valence-electron chi connectivity index (χ3n) is 10.1. The van der Waals surface area contributed by atoms with Crippen molar-refractivity contribution in [2.24, 2.45) is 17.8 Å². The molecule has 0 bridgehead atoms. The van der Waals surface area contributed by atoms with Gasteiger partial charge in [-0.15, -0.1) is 0 Å². The second kappa shape index (κ2) is 30.2. The van der Waals surface area contributed by atoms with Gasteiger partial charge in [-0.1, -0.05) is 156 Å². The maximum absolute atomic E-state index is 12.6. The van der Waals surface area contributed by atoms with E-state index in [-0.39, 0.29) is 17.9 Å². The van der Waals surface area contributed by atoms with Gasteiger partial charge >= 0.3 is 11.9 Å². The molecule has 0 spiro atoms. The van der Waals surface area contributed by atoms with Crippen LogP contribution in [0.1, 0.15) is 194 Å². The zero-order valence-electron chi connectivity index (χ0n) is 30.7. The fourth-order valence-electron chi connectivity index (χ4n) is 6.94. The van der Waals surface area contributed by atoms with Gasteiger partial charge in [-0.25, -0.2) is 0 Å². The van der Waals surface area contributed by atoms with Crippen LogP contribution in [0.25, 0.3) is 0 Å². The number of esters is 2. The lowest BCUT2D eigenvalue weighted by Crippen LogP contribution is -2.24. The molecule has 1 fully saturated rings. The van der Waals surface area contributed by atoms with Gasteiger partial charge < -0.3 is 14.4 Å². The van der Waals surface area contributed by atoms with Gasteiger partial charge in [0.25, 0.3) is 0 Å². The molecule has 0 aliphatic carbocycles. The molecule has 0 aromatic carbocycles. The van der Waals surface area contributed by atoms with E-state index < -0.39 is 0 Å². The Hall–Kier alpha value is -1.10. The number of likely N-dealkylation sites (tertiary alicyclic amines) is 1. The maximum atomic E-state index is 12.6. The molecule has 45 heavy (non-hydrogen) atoms. The Balaban J connectivity index is 2.19. The molecule has 1 saturated heterocycles. The molecule has 5 nitrogen and oxygen atoms in total. The van der Waals surface area contributed by atoms with Gasteiger partial charge in [0.05, 0.1) is 19.1 Å². The van der Waals surface area contributed by atoms with Crippen molar-refractivity contribution >= 4 is 11.9 Å². The van der Waals surface area contributed by atoms with E-state index in [1.165, 1.54) is 141 Å². The van der Waals surface area contributed by atoms with E-state index in [0.29, 0.717) is 25.6 Å². The molecular formula is C40H77NO4. The van der Waals surface area contributed by atoms with Crippen molar-refractivity contribution in [2.45, 2.75) is 194 Å². The smallest absolute Gasteiger partial charge is 0.310 e. The van der Waals surface area contributed by atoms with Crippen LogP contribution < -0.4 is 0 Å². The van der Waals surface area contributed by atoms with Gasteiger partial charge in [-0.05, 0) is 57.5 Å². The minimum atomic E-state index is -0.00142. The summed E-state index contributed by atoms with van der Waals surface area (Å²) in [6, 6.07) is 0. The number of hydrogen-bond donors (Lipinski definition) is 0. The second-order valence-corrected chi connectivity index (χ2v) is 14.5. The number of carbonyl (C=O) groups is 2. The van der Waals surface area contributed by atoms with Crippen LogP contribution in [0, 0.1) is 17.8 Å².